The van der Waals surface area contributed by atoms with E-state index < -0.39 is 0 Å². The Labute approximate surface area is 94.7 Å². The molecule has 1 aliphatic rings. The fraction of sp³-hybridized carbons (Fsp3) is 0.308. The van der Waals surface area contributed by atoms with Crippen LogP contribution in [0.3, 0.4) is 0 Å². The fourth-order valence-corrected chi connectivity index (χ4v) is 1.93. The van der Waals surface area contributed by atoms with Gasteiger partial charge in [0.1, 0.15) is 0 Å². The summed E-state index contributed by atoms with van der Waals surface area (Å²) in [5.41, 5.74) is 8.68. The fourth-order valence-electron chi connectivity index (χ4n) is 1.93. The molecule has 1 aromatic carbocycles. The van der Waals surface area contributed by atoms with Gasteiger partial charge in [-0.15, -0.1) is 0 Å². The third kappa shape index (κ3) is 1.69. The van der Waals surface area contributed by atoms with Gasteiger partial charge in [-0.3, -0.25) is 4.98 Å². The zero-order valence-corrected chi connectivity index (χ0v) is 9.11. The molecule has 0 spiro atoms. The van der Waals surface area contributed by atoms with Gasteiger partial charge in [-0.2, -0.15) is 0 Å². The van der Waals surface area contributed by atoms with Crippen LogP contribution in [0.1, 0.15) is 12.8 Å². The number of para-hydroxylation sites is 1. The van der Waals surface area contributed by atoms with E-state index in [1.54, 1.807) is 0 Å². The third-order valence-electron chi connectivity index (χ3n) is 3.08. The Morgan fingerprint density at radius 3 is 3.00 bits per heavy atom. The van der Waals surface area contributed by atoms with Crippen molar-refractivity contribution in [2.24, 2.45) is 5.92 Å². The maximum absolute atomic E-state index is 5.90. The molecular weight excluding hydrogens is 198 g/mol. The van der Waals surface area contributed by atoms with E-state index in [2.05, 4.69) is 16.4 Å². The molecule has 3 rings (SSSR count). The summed E-state index contributed by atoms with van der Waals surface area (Å²) in [6, 6.07) is 7.94. The van der Waals surface area contributed by atoms with Crippen LogP contribution in [0.4, 0.5) is 11.4 Å². The first-order valence-corrected chi connectivity index (χ1v) is 5.71. The van der Waals surface area contributed by atoms with Gasteiger partial charge in [0.25, 0.3) is 0 Å². The highest BCUT2D eigenvalue weighted by Gasteiger charge is 2.20. The molecule has 0 atom stereocenters. The Balaban J connectivity index is 1.99. The zero-order chi connectivity index (χ0) is 11.0. The van der Waals surface area contributed by atoms with Crippen LogP contribution in [-0.2, 0) is 0 Å². The number of hydrogen-bond donors (Lipinski definition) is 2. The topological polar surface area (TPSA) is 50.9 Å². The highest BCUT2D eigenvalue weighted by Crippen LogP contribution is 2.31. The molecular formula is C13H15N3. The minimum absolute atomic E-state index is 0.743. The molecule has 3 N–H and O–H groups in total. The van der Waals surface area contributed by atoms with Crippen LogP contribution in [0.2, 0.25) is 0 Å². The molecule has 0 unspecified atom stereocenters. The number of nitrogens with one attached hydrogen (secondary N) is 1. The number of pyridine rings is 1. The van der Waals surface area contributed by atoms with Gasteiger partial charge in [-0.05, 0) is 30.9 Å². The van der Waals surface area contributed by atoms with Crippen molar-refractivity contribution in [3.05, 3.63) is 30.5 Å². The maximum atomic E-state index is 5.90. The number of nitrogen functional groups attached to an aromatic ring is 1. The van der Waals surface area contributed by atoms with E-state index in [-0.39, 0.29) is 0 Å². The van der Waals surface area contributed by atoms with Crippen LogP contribution in [0.25, 0.3) is 10.9 Å². The molecule has 0 bridgehead atoms. The minimum atomic E-state index is 0.743. The van der Waals surface area contributed by atoms with Crippen molar-refractivity contribution in [3.8, 4) is 0 Å². The molecule has 0 radical (unpaired) electrons. The van der Waals surface area contributed by atoms with E-state index in [1.165, 1.54) is 12.8 Å². The van der Waals surface area contributed by atoms with Gasteiger partial charge < -0.3 is 11.1 Å². The molecule has 0 saturated heterocycles. The van der Waals surface area contributed by atoms with Gasteiger partial charge in [0, 0.05) is 23.8 Å². The van der Waals surface area contributed by atoms with E-state index in [0.29, 0.717) is 0 Å². The Morgan fingerprint density at radius 1 is 1.31 bits per heavy atom. The molecule has 1 heterocycles. The van der Waals surface area contributed by atoms with Crippen molar-refractivity contribution in [1.29, 1.82) is 0 Å². The highest BCUT2D eigenvalue weighted by molar-refractivity contribution is 5.97. The quantitative estimate of drug-likeness (QED) is 0.771. The van der Waals surface area contributed by atoms with Crippen molar-refractivity contribution >= 4 is 22.3 Å². The van der Waals surface area contributed by atoms with Crippen molar-refractivity contribution < 1.29 is 0 Å². The lowest BCUT2D eigenvalue weighted by molar-refractivity contribution is 0.890. The predicted molar refractivity (Wildman–Crippen MR) is 67.4 cm³/mol. The number of rotatable bonds is 3. The van der Waals surface area contributed by atoms with E-state index in [0.717, 1.165) is 34.7 Å². The van der Waals surface area contributed by atoms with Crippen LogP contribution < -0.4 is 11.1 Å². The molecule has 0 amide bonds. The smallest absolute Gasteiger partial charge is 0.0951 e. The summed E-state index contributed by atoms with van der Waals surface area (Å²) in [7, 11) is 0. The van der Waals surface area contributed by atoms with Gasteiger partial charge in [-0.25, -0.2) is 0 Å². The Kier molecular flexibility index (Phi) is 2.17. The second-order valence-corrected chi connectivity index (χ2v) is 4.43. The molecule has 1 aliphatic carbocycles. The number of fused-ring (bicyclic) bond motifs is 1. The number of benzene rings is 1. The standard InChI is InChI=1S/C13H15N3/c14-11-3-1-2-10-12(6-7-15-13(10)11)16-8-9-4-5-9/h1-3,6-7,9H,4-5,8,14H2,(H,15,16). The van der Waals surface area contributed by atoms with Gasteiger partial charge in [-0.1, -0.05) is 12.1 Å². The van der Waals surface area contributed by atoms with Crippen LogP contribution in [0, 0.1) is 5.92 Å². The first-order chi connectivity index (χ1) is 7.84. The monoisotopic (exact) mass is 213 g/mol. The van der Waals surface area contributed by atoms with Gasteiger partial charge in [0.2, 0.25) is 0 Å². The summed E-state index contributed by atoms with van der Waals surface area (Å²) >= 11 is 0. The van der Waals surface area contributed by atoms with E-state index in [4.69, 9.17) is 5.73 Å². The van der Waals surface area contributed by atoms with Crippen molar-refractivity contribution in [3.63, 3.8) is 0 Å². The first-order valence-electron chi connectivity index (χ1n) is 5.71. The lowest BCUT2D eigenvalue weighted by Gasteiger charge is -2.09. The molecule has 2 aromatic rings. The molecule has 1 aromatic heterocycles. The number of anilines is 2. The third-order valence-corrected chi connectivity index (χ3v) is 3.08. The summed E-state index contributed by atoms with van der Waals surface area (Å²) in [4.78, 5) is 4.32. The van der Waals surface area contributed by atoms with Crippen molar-refractivity contribution in [2.45, 2.75) is 12.8 Å². The predicted octanol–water partition coefficient (Wildman–Crippen LogP) is 2.64. The number of aromatic nitrogens is 1. The maximum Gasteiger partial charge on any atom is 0.0951 e. The molecule has 0 aliphatic heterocycles. The van der Waals surface area contributed by atoms with E-state index in [1.807, 2.05) is 24.4 Å². The summed E-state index contributed by atoms with van der Waals surface area (Å²) < 4.78 is 0. The minimum Gasteiger partial charge on any atom is -0.397 e. The van der Waals surface area contributed by atoms with Crippen LogP contribution in [-0.4, -0.2) is 11.5 Å². The Hall–Kier alpha value is -1.77. The normalized spacial score (nSPS) is 15.2. The molecule has 1 fully saturated rings. The SMILES string of the molecule is Nc1cccc2c(NCC3CC3)ccnc12. The molecule has 16 heavy (non-hydrogen) atoms. The highest BCUT2D eigenvalue weighted by atomic mass is 14.9. The van der Waals surface area contributed by atoms with Gasteiger partial charge in [0.05, 0.1) is 11.2 Å². The lowest BCUT2D eigenvalue weighted by atomic mass is 10.1. The first kappa shape index (κ1) is 9.46. The van der Waals surface area contributed by atoms with Gasteiger partial charge in [0.15, 0.2) is 0 Å². The van der Waals surface area contributed by atoms with E-state index in [9.17, 15) is 0 Å². The number of nitrogens with zero attached hydrogens (tertiary/aromatic N) is 1. The number of hydrogen-bond acceptors (Lipinski definition) is 3. The van der Waals surface area contributed by atoms with Crippen molar-refractivity contribution in [1.82, 2.24) is 4.98 Å². The van der Waals surface area contributed by atoms with Gasteiger partial charge >= 0.3 is 0 Å². The van der Waals surface area contributed by atoms with Crippen LogP contribution in [0.5, 0.6) is 0 Å². The largest absolute Gasteiger partial charge is 0.397 e. The Bertz CT molecular complexity index is 518. The van der Waals surface area contributed by atoms with Crippen LogP contribution in [0.15, 0.2) is 30.5 Å². The lowest BCUT2D eigenvalue weighted by Crippen LogP contribution is -2.04. The average Bonchev–Trinajstić information content (AvgIpc) is 3.11. The summed E-state index contributed by atoms with van der Waals surface area (Å²) in [5.74, 6) is 0.865. The molecule has 3 nitrogen and oxygen atoms in total. The second kappa shape index (κ2) is 3.67. The summed E-state index contributed by atoms with van der Waals surface area (Å²) in [6.07, 6.45) is 4.53. The Morgan fingerprint density at radius 2 is 2.19 bits per heavy atom. The zero-order valence-electron chi connectivity index (χ0n) is 9.11. The second-order valence-electron chi connectivity index (χ2n) is 4.43. The molecule has 3 heteroatoms. The van der Waals surface area contributed by atoms with E-state index >= 15 is 0 Å². The summed E-state index contributed by atoms with van der Waals surface area (Å²) in [5, 5.41) is 4.60. The van der Waals surface area contributed by atoms with Crippen LogP contribution >= 0.6 is 0 Å². The summed E-state index contributed by atoms with van der Waals surface area (Å²) in [6.45, 7) is 1.06. The molecule has 1 saturated carbocycles. The average molecular weight is 213 g/mol. The molecule has 82 valence electrons. The number of nitrogens with two attached hydrogens (primary N) is 1. The van der Waals surface area contributed by atoms with Crippen molar-refractivity contribution in [2.75, 3.05) is 17.6 Å².